The van der Waals surface area contributed by atoms with Crippen LogP contribution in [-0.2, 0) is 4.79 Å². The van der Waals surface area contributed by atoms with Crippen molar-refractivity contribution in [1.29, 1.82) is 0 Å². The lowest BCUT2D eigenvalue weighted by Crippen LogP contribution is -2.52. The van der Waals surface area contributed by atoms with Crippen molar-refractivity contribution in [2.24, 2.45) is 0 Å². The summed E-state index contributed by atoms with van der Waals surface area (Å²) in [5.41, 5.74) is 0.339. The van der Waals surface area contributed by atoms with Gasteiger partial charge in [-0.15, -0.1) is 0 Å². The van der Waals surface area contributed by atoms with E-state index in [0.29, 0.717) is 60.1 Å². The van der Waals surface area contributed by atoms with E-state index < -0.39 is 5.60 Å². The lowest BCUT2D eigenvalue weighted by molar-refractivity contribution is -0.134. The van der Waals surface area contributed by atoms with E-state index in [-0.39, 0.29) is 36.7 Å². The molecule has 34 heavy (non-hydrogen) atoms. The number of likely N-dealkylation sites (tertiary alicyclic amines) is 1. The lowest BCUT2D eigenvalue weighted by atomic mass is 9.82. The number of carbonyl (C=O) groups is 3. The van der Waals surface area contributed by atoms with Crippen molar-refractivity contribution < 1.29 is 33.3 Å². The topological polar surface area (TPSA) is 91.4 Å². The maximum Gasteiger partial charge on any atom is 0.223 e. The third-order valence-corrected chi connectivity index (χ3v) is 6.59. The van der Waals surface area contributed by atoms with E-state index in [4.69, 9.17) is 18.9 Å². The van der Waals surface area contributed by atoms with Crippen LogP contribution in [0.2, 0.25) is 0 Å². The van der Waals surface area contributed by atoms with Gasteiger partial charge in [0.2, 0.25) is 5.91 Å². The summed E-state index contributed by atoms with van der Waals surface area (Å²) in [6.45, 7) is 0.943. The summed E-state index contributed by atoms with van der Waals surface area (Å²) in [6, 6.07) is 10.2. The standard InChI is InChI=1S/C26H29NO7/c1-31-18-6-4-17(5-7-18)20(28)8-9-24(30)27-12-10-26(11-13-27)16-21(29)25-22(33-3)14-19(32-2)15-23(25)34-26/h4-7,14-15H,8-13,16H2,1-3H3. The number of hydrogen-bond acceptors (Lipinski definition) is 7. The second kappa shape index (κ2) is 9.75. The van der Waals surface area contributed by atoms with Gasteiger partial charge in [0.1, 0.15) is 34.2 Å². The summed E-state index contributed by atoms with van der Waals surface area (Å²) in [5.74, 6) is 1.94. The van der Waals surface area contributed by atoms with Gasteiger partial charge in [-0.1, -0.05) is 0 Å². The molecule has 0 radical (unpaired) electrons. The normalized spacial score (nSPS) is 16.4. The highest BCUT2D eigenvalue weighted by Crippen LogP contribution is 2.44. The van der Waals surface area contributed by atoms with Gasteiger partial charge in [0, 0.05) is 56.5 Å². The van der Waals surface area contributed by atoms with Crippen LogP contribution in [0.15, 0.2) is 36.4 Å². The van der Waals surface area contributed by atoms with Crippen molar-refractivity contribution in [2.45, 2.75) is 37.7 Å². The quantitative estimate of drug-likeness (QED) is 0.574. The molecule has 1 amide bonds. The molecular formula is C26H29NO7. The number of amides is 1. The van der Waals surface area contributed by atoms with Crippen LogP contribution in [0.3, 0.4) is 0 Å². The van der Waals surface area contributed by atoms with E-state index in [1.165, 1.54) is 7.11 Å². The van der Waals surface area contributed by atoms with Crippen molar-refractivity contribution in [3.05, 3.63) is 47.5 Å². The molecule has 1 fully saturated rings. The number of nitrogens with zero attached hydrogens (tertiary/aromatic N) is 1. The summed E-state index contributed by atoms with van der Waals surface area (Å²) >= 11 is 0. The largest absolute Gasteiger partial charge is 0.497 e. The van der Waals surface area contributed by atoms with Crippen LogP contribution >= 0.6 is 0 Å². The Bertz CT molecular complexity index is 1090. The number of methoxy groups -OCH3 is 3. The molecule has 2 heterocycles. The van der Waals surface area contributed by atoms with Crippen LogP contribution < -0.4 is 18.9 Å². The Balaban J connectivity index is 1.36. The number of ether oxygens (including phenoxy) is 4. The first kappa shape index (κ1) is 23.6. The molecule has 1 spiro atoms. The Kier molecular flexibility index (Phi) is 6.77. The van der Waals surface area contributed by atoms with E-state index in [1.54, 1.807) is 55.5 Å². The molecule has 0 aromatic heterocycles. The minimum atomic E-state index is -0.656. The van der Waals surface area contributed by atoms with Gasteiger partial charge in [0.05, 0.1) is 27.8 Å². The summed E-state index contributed by atoms with van der Waals surface area (Å²) in [7, 11) is 4.63. The number of ketones is 2. The monoisotopic (exact) mass is 467 g/mol. The first-order chi connectivity index (χ1) is 16.4. The molecule has 1 saturated heterocycles. The number of rotatable bonds is 7. The number of hydrogen-bond donors (Lipinski definition) is 0. The van der Waals surface area contributed by atoms with Gasteiger partial charge in [0.25, 0.3) is 0 Å². The van der Waals surface area contributed by atoms with Crippen molar-refractivity contribution in [3.63, 3.8) is 0 Å². The lowest BCUT2D eigenvalue weighted by Gasteiger charge is -2.44. The van der Waals surface area contributed by atoms with Gasteiger partial charge in [0.15, 0.2) is 11.6 Å². The molecule has 0 unspecified atom stereocenters. The molecular weight excluding hydrogens is 438 g/mol. The number of fused-ring (bicyclic) bond motifs is 1. The average molecular weight is 468 g/mol. The summed E-state index contributed by atoms with van der Waals surface area (Å²) in [4.78, 5) is 39.9. The van der Waals surface area contributed by atoms with E-state index in [0.717, 1.165) is 0 Å². The fourth-order valence-electron chi connectivity index (χ4n) is 4.59. The smallest absolute Gasteiger partial charge is 0.223 e. The first-order valence-electron chi connectivity index (χ1n) is 11.3. The molecule has 8 heteroatoms. The summed E-state index contributed by atoms with van der Waals surface area (Å²) < 4.78 is 22.1. The third kappa shape index (κ3) is 4.71. The zero-order chi connectivity index (χ0) is 24.3. The number of Topliss-reactive ketones (excluding diaryl/α,β-unsaturated/α-hetero) is 2. The molecule has 0 aliphatic carbocycles. The Labute approximate surface area is 198 Å². The van der Waals surface area contributed by atoms with Crippen LogP contribution in [-0.4, -0.2) is 62.4 Å². The van der Waals surface area contributed by atoms with Crippen LogP contribution in [0, 0.1) is 0 Å². The SMILES string of the molecule is COc1ccc(C(=O)CCC(=O)N2CCC3(CC2)CC(=O)c2c(OC)cc(OC)cc2O3)cc1. The second-order valence-corrected chi connectivity index (χ2v) is 8.62. The van der Waals surface area contributed by atoms with Gasteiger partial charge in [-0.05, 0) is 24.3 Å². The molecule has 2 aliphatic heterocycles. The number of benzene rings is 2. The summed E-state index contributed by atoms with van der Waals surface area (Å²) in [6.07, 6.45) is 1.61. The first-order valence-corrected chi connectivity index (χ1v) is 11.3. The maximum absolute atomic E-state index is 13.0. The van der Waals surface area contributed by atoms with Crippen molar-refractivity contribution >= 4 is 17.5 Å². The van der Waals surface area contributed by atoms with Crippen LogP contribution in [0.25, 0.3) is 0 Å². The highest BCUT2D eigenvalue weighted by atomic mass is 16.5. The van der Waals surface area contributed by atoms with E-state index >= 15 is 0 Å². The van der Waals surface area contributed by atoms with E-state index in [9.17, 15) is 14.4 Å². The van der Waals surface area contributed by atoms with Crippen LogP contribution in [0.5, 0.6) is 23.0 Å². The number of carbonyl (C=O) groups excluding carboxylic acids is 3. The van der Waals surface area contributed by atoms with Gasteiger partial charge in [-0.3, -0.25) is 14.4 Å². The van der Waals surface area contributed by atoms with Crippen molar-refractivity contribution in [3.8, 4) is 23.0 Å². The van der Waals surface area contributed by atoms with Gasteiger partial charge < -0.3 is 23.8 Å². The highest BCUT2D eigenvalue weighted by molar-refractivity contribution is 6.03. The molecule has 0 N–H and O–H groups in total. The van der Waals surface area contributed by atoms with E-state index in [1.807, 2.05) is 0 Å². The molecule has 2 aromatic rings. The highest BCUT2D eigenvalue weighted by Gasteiger charge is 2.44. The minimum Gasteiger partial charge on any atom is -0.497 e. The molecule has 2 aromatic carbocycles. The minimum absolute atomic E-state index is 0.0365. The van der Waals surface area contributed by atoms with Crippen LogP contribution in [0.1, 0.15) is 52.8 Å². The molecule has 4 rings (SSSR count). The zero-order valence-corrected chi connectivity index (χ0v) is 19.7. The van der Waals surface area contributed by atoms with Crippen molar-refractivity contribution in [1.82, 2.24) is 4.90 Å². The average Bonchev–Trinajstić information content (AvgIpc) is 2.86. The Morgan fingerprint density at radius 3 is 2.24 bits per heavy atom. The van der Waals surface area contributed by atoms with E-state index in [2.05, 4.69) is 0 Å². The molecule has 0 bridgehead atoms. The molecule has 8 nitrogen and oxygen atoms in total. The Morgan fingerprint density at radius 1 is 0.941 bits per heavy atom. The Morgan fingerprint density at radius 2 is 1.62 bits per heavy atom. The predicted octanol–water partition coefficient (Wildman–Crippen LogP) is 3.70. The van der Waals surface area contributed by atoms with Gasteiger partial charge in [-0.2, -0.15) is 0 Å². The van der Waals surface area contributed by atoms with Crippen molar-refractivity contribution in [2.75, 3.05) is 34.4 Å². The fraction of sp³-hybridized carbons (Fsp3) is 0.423. The van der Waals surface area contributed by atoms with Gasteiger partial charge in [-0.25, -0.2) is 0 Å². The van der Waals surface area contributed by atoms with Crippen LogP contribution in [0.4, 0.5) is 0 Å². The molecule has 180 valence electrons. The second-order valence-electron chi connectivity index (χ2n) is 8.62. The summed E-state index contributed by atoms with van der Waals surface area (Å²) in [5, 5.41) is 0. The molecule has 0 saturated carbocycles. The molecule has 0 atom stereocenters. The maximum atomic E-state index is 13.0. The third-order valence-electron chi connectivity index (χ3n) is 6.59. The number of piperidine rings is 1. The Hall–Kier alpha value is -3.55. The fourth-order valence-corrected chi connectivity index (χ4v) is 4.59. The predicted molar refractivity (Wildman–Crippen MR) is 124 cm³/mol. The molecule has 2 aliphatic rings. The van der Waals surface area contributed by atoms with Gasteiger partial charge >= 0.3 is 0 Å². The zero-order valence-electron chi connectivity index (χ0n) is 19.7.